The second kappa shape index (κ2) is 5.68. The van der Waals surface area contributed by atoms with Crippen LogP contribution in [0.3, 0.4) is 0 Å². The van der Waals surface area contributed by atoms with Crippen molar-refractivity contribution in [1.29, 1.82) is 0 Å². The third-order valence-corrected chi connectivity index (χ3v) is 3.60. The predicted molar refractivity (Wildman–Crippen MR) is 78.8 cm³/mol. The molecule has 1 aliphatic rings. The molecule has 0 aliphatic carbocycles. The van der Waals surface area contributed by atoms with E-state index in [2.05, 4.69) is 22.1 Å². The minimum atomic E-state index is 0.163. The largest absolute Gasteiger partial charge is 0.423 e. The Labute approximate surface area is 117 Å². The Hall–Kier alpha value is -1.79. The number of hydrogen-bond donors (Lipinski definition) is 2. The molecular weight excluding hydrogens is 256 g/mol. The molecule has 6 nitrogen and oxygen atoms in total. The maximum Gasteiger partial charge on any atom is 0.295 e. The van der Waals surface area contributed by atoms with Gasteiger partial charge in [0.25, 0.3) is 6.01 Å². The first-order valence-electron chi connectivity index (χ1n) is 6.99. The molecule has 0 bridgehead atoms. The fourth-order valence-electron chi connectivity index (χ4n) is 2.44. The Morgan fingerprint density at radius 1 is 1.50 bits per heavy atom. The summed E-state index contributed by atoms with van der Waals surface area (Å²) in [6, 6.07) is 6.03. The number of oxazole rings is 1. The number of benzene rings is 1. The second-order valence-electron chi connectivity index (χ2n) is 4.98. The van der Waals surface area contributed by atoms with Gasteiger partial charge in [-0.2, -0.15) is 4.98 Å². The third-order valence-electron chi connectivity index (χ3n) is 3.60. The fourth-order valence-corrected chi connectivity index (χ4v) is 2.44. The number of fused-ring (bicyclic) bond motifs is 1. The maximum atomic E-state index is 5.86. The molecule has 1 aromatic carbocycles. The number of hydrogen-bond acceptors (Lipinski definition) is 6. The normalized spacial score (nSPS) is 20.4. The smallest absolute Gasteiger partial charge is 0.295 e. The lowest BCUT2D eigenvalue weighted by molar-refractivity contribution is -0.0193. The van der Waals surface area contributed by atoms with E-state index in [0.717, 1.165) is 26.2 Å². The molecule has 1 fully saturated rings. The summed E-state index contributed by atoms with van der Waals surface area (Å²) in [7, 11) is 0. The topological polar surface area (TPSA) is 76.5 Å². The number of para-hydroxylation sites is 1. The third kappa shape index (κ3) is 2.71. The maximum absolute atomic E-state index is 5.86. The lowest BCUT2D eigenvalue weighted by Gasteiger charge is -2.31. The zero-order chi connectivity index (χ0) is 13.9. The molecule has 1 unspecified atom stereocenters. The molecule has 3 N–H and O–H groups in total. The van der Waals surface area contributed by atoms with Crippen LogP contribution in [0, 0.1) is 0 Å². The Bertz CT molecular complexity index is 584. The summed E-state index contributed by atoms with van der Waals surface area (Å²) in [6.45, 7) is 6.63. The lowest BCUT2D eigenvalue weighted by Crippen LogP contribution is -2.45. The van der Waals surface area contributed by atoms with Gasteiger partial charge in [0.2, 0.25) is 0 Å². The Morgan fingerprint density at radius 2 is 2.40 bits per heavy atom. The summed E-state index contributed by atoms with van der Waals surface area (Å²) in [5, 5.41) is 3.19. The molecule has 1 saturated heterocycles. The molecule has 0 amide bonds. The highest BCUT2D eigenvalue weighted by molar-refractivity contribution is 5.86. The van der Waals surface area contributed by atoms with E-state index < -0.39 is 0 Å². The van der Waals surface area contributed by atoms with Crippen molar-refractivity contribution in [2.24, 2.45) is 0 Å². The summed E-state index contributed by atoms with van der Waals surface area (Å²) >= 11 is 0. The fraction of sp³-hybridized carbons (Fsp3) is 0.500. The molecule has 3 rings (SSSR count). The first-order chi connectivity index (χ1) is 9.76. The molecule has 6 heteroatoms. The van der Waals surface area contributed by atoms with E-state index in [1.807, 2.05) is 18.2 Å². The van der Waals surface area contributed by atoms with Gasteiger partial charge in [-0.1, -0.05) is 13.0 Å². The van der Waals surface area contributed by atoms with E-state index in [4.69, 9.17) is 14.9 Å². The van der Waals surface area contributed by atoms with Crippen molar-refractivity contribution in [3.8, 4) is 0 Å². The standard InChI is InChI=1S/C14H20N4O2/c1-2-18-6-7-19-10(9-18)8-16-14-17-13-11(15)4-3-5-12(13)20-14/h3-5,10H,2,6-9,15H2,1H3,(H,16,17). The van der Waals surface area contributed by atoms with Crippen LogP contribution in [-0.2, 0) is 4.74 Å². The van der Waals surface area contributed by atoms with Gasteiger partial charge in [-0.05, 0) is 18.7 Å². The van der Waals surface area contributed by atoms with Crippen molar-refractivity contribution < 1.29 is 9.15 Å². The first-order valence-corrected chi connectivity index (χ1v) is 6.99. The van der Waals surface area contributed by atoms with E-state index in [0.29, 0.717) is 29.3 Å². The minimum Gasteiger partial charge on any atom is -0.423 e. The lowest BCUT2D eigenvalue weighted by atomic mass is 10.2. The molecule has 1 atom stereocenters. The number of ether oxygens (including phenoxy) is 1. The van der Waals surface area contributed by atoms with Gasteiger partial charge in [-0.3, -0.25) is 4.90 Å². The Kier molecular flexibility index (Phi) is 3.75. The molecule has 1 aromatic heterocycles. The van der Waals surface area contributed by atoms with E-state index in [1.165, 1.54) is 0 Å². The van der Waals surface area contributed by atoms with Crippen LogP contribution in [0.5, 0.6) is 0 Å². The van der Waals surface area contributed by atoms with Crippen LogP contribution in [0.15, 0.2) is 22.6 Å². The van der Waals surface area contributed by atoms with Crippen LogP contribution in [0.1, 0.15) is 6.92 Å². The van der Waals surface area contributed by atoms with Crippen LogP contribution in [0.25, 0.3) is 11.1 Å². The number of morpholine rings is 1. The van der Waals surface area contributed by atoms with Gasteiger partial charge in [0.15, 0.2) is 5.58 Å². The zero-order valence-electron chi connectivity index (χ0n) is 11.6. The molecule has 0 radical (unpaired) electrons. The van der Waals surface area contributed by atoms with Gasteiger partial charge in [0, 0.05) is 19.6 Å². The Balaban J connectivity index is 1.63. The number of rotatable bonds is 4. The first kappa shape index (κ1) is 13.2. The van der Waals surface area contributed by atoms with E-state index in [-0.39, 0.29) is 6.10 Å². The number of nitrogens with two attached hydrogens (primary N) is 1. The van der Waals surface area contributed by atoms with E-state index in [9.17, 15) is 0 Å². The number of nitrogen functional groups attached to an aromatic ring is 1. The van der Waals surface area contributed by atoms with Crippen LogP contribution in [0.2, 0.25) is 0 Å². The van der Waals surface area contributed by atoms with Crippen molar-refractivity contribution in [1.82, 2.24) is 9.88 Å². The zero-order valence-corrected chi connectivity index (χ0v) is 11.6. The molecule has 0 saturated carbocycles. The van der Waals surface area contributed by atoms with Gasteiger partial charge in [0.1, 0.15) is 5.52 Å². The molecule has 0 spiro atoms. The molecule has 20 heavy (non-hydrogen) atoms. The summed E-state index contributed by atoms with van der Waals surface area (Å²) in [5.74, 6) is 0. The van der Waals surface area contributed by atoms with Crippen LogP contribution < -0.4 is 11.1 Å². The monoisotopic (exact) mass is 276 g/mol. The molecule has 2 aromatic rings. The number of aromatic nitrogens is 1. The summed E-state index contributed by atoms with van der Waals surface area (Å²) < 4.78 is 11.4. The highest BCUT2D eigenvalue weighted by Crippen LogP contribution is 2.23. The van der Waals surface area contributed by atoms with Crippen molar-refractivity contribution in [2.75, 3.05) is 43.8 Å². The highest BCUT2D eigenvalue weighted by atomic mass is 16.5. The number of likely N-dealkylation sites (N-methyl/N-ethyl adjacent to an activating group) is 1. The number of nitrogens with zero attached hydrogens (tertiary/aromatic N) is 2. The SMILES string of the molecule is CCN1CCOC(CNc2nc3c(N)cccc3o2)C1. The van der Waals surface area contributed by atoms with Gasteiger partial charge in [-0.25, -0.2) is 0 Å². The molecule has 2 heterocycles. The Morgan fingerprint density at radius 3 is 3.20 bits per heavy atom. The van der Waals surface area contributed by atoms with Gasteiger partial charge in [0.05, 0.1) is 18.4 Å². The summed E-state index contributed by atoms with van der Waals surface area (Å²) in [5.41, 5.74) is 7.90. The van der Waals surface area contributed by atoms with E-state index >= 15 is 0 Å². The van der Waals surface area contributed by atoms with Gasteiger partial charge >= 0.3 is 0 Å². The minimum absolute atomic E-state index is 0.163. The predicted octanol–water partition coefficient (Wildman–Crippen LogP) is 1.54. The van der Waals surface area contributed by atoms with E-state index in [1.54, 1.807) is 0 Å². The second-order valence-corrected chi connectivity index (χ2v) is 4.98. The average Bonchev–Trinajstić information content (AvgIpc) is 2.90. The highest BCUT2D eigenvalue weighted by Gasteiger charge is 2.19. The van der Waals surface area contributed by atoms with Crippen molar-refractivity contribution in [3.63, 3.8) is 0 Å². The average molecular weight is 276 g/mol. The van der Waals surface area contributed by atoms with Crippen LogP contribution in [0.4, 0.5) is 11.7 Å². The molecule has 1 aliphatic heterocycles. The number of nitrogens with one attached hydrogen (secondary N) is 1. The summed E-state index contributed by atoms with van der Waals surface area (Å²) in [4.78, 5) is 6.74. The van der Waals surface area contributed by atoms with Crippen LogP contribution in [-0.4, -0.2) is 48.8 Å². The van der Waals surface area contributed by atoms with Crippen molar-refractivity contribution in [2.45, 2.75) is 13.0 Å². The van der Waals surface area contributed by atoms with Crippen molar-refractivity contribution in [3.05, 3.63) is 18.2 Å². The van der Waals surface area contributed by atoms with Crippen LogP contribution >= 0.6 is 0 Å². The molecular formula is C14H20N4O2. The number of anilines is 2. The van der Waals surface area contributed by atoms with Crippen molar-refractivity contribution >= 4 is 22.8 Å². The quantitative estimate of drug-likeness (QED) is 0.825. The van der Waals surface area contributed by atoms with Gasteiger partial charge < -0.3 is 20.2 Å². The van der Waals surface area contributed by atoms with Gasteiger partial charge in [-0.15, -0.1) is 0 Å². The molecule has 108 valence electrons. The summed E-state index contributed by atoms with van der Waals surface area (Å²) in [6.07, 6.45) is 0.163.